The van der Waals surface area contributed by atoms with Crippen LogP contribution in [0.3, 0.4) is 0 Å². The van der Waals surface area contributed by atoms with Crippen LogP contribution in [0.25, 0.3) is 0 Å². The van der Waals surface area contributed by atoms with E-state index < -0.39 is 23.7 Å². The quantitative estimate of drug-likeness (QED) is 0.390. The van der Waals surface area contributed by atoms with Crippen LogP contribution >= 0.6 is 45.2 Å². The number of benzene rings is 2. The van der Waals surface area contributed by atoms with Crippen LogP contribution in [0.2, 0.25) is 0 Å². The van der Waals surface area contributed by atoms with Crippen molar-refractivity contribution >= 4 is 68.4 Å². The van der Waals surface area contributed by atoms with Crippen molar-refractivity contribution in [2.75, 3.05) is 10.6 Å². The fourth-order valence-corrected chi connectivity index (χ4v) is 2.49. The van der Waals surface area contributed by atoms with E-state index >= 15 is 0 Å². The lowest BCUT2D eigenvalue weighted by molar-refractivity contribution is -0.204. The second kappa shape index (κ2) is 8.06. The smallest absolute Gasteiger partial charge is 0.321 e. The van der Waals surface area contributed by atoms with Crippen molar-refractivity contribution in [3.05, 3.63) is 55.7 Å². The highest BCUT2D eigenvalue weighted by Gasteiger charge is 2.67. The second-order valence-corrected chi connectivity index (χ2v) is 7.56. The summed E-state index contributed by atoms with van der Waals surface area (Å²) >= 11 is 3.89. The van der Waals surface area contributed by atoms with Gasteiger partial charge in [-0.15, -0.1) is 0 Å². The van der Waals surface area contributed by atoms with Crippen LogP contribution in [-0.4, -0.2) is 23.7 Å². The summed E-state index contributed by atoms with van der Waals surface area (Å²) in [6.45, 7) is 0. The highest BCUT2D eigenvalue weighted by molar-refractivity contribution is 14.1. The number of halogens is 6. The van der Waals surface area contributed by atoms with Crippen LogP contribution < -0.4 is 10.6 Å². The third-order valence-electron chi connectivity index (χ3n) is 3.17. The first-order chi connectivity index (χ1) is 12.0. The summed E-state index contributed by atoms with van der Waals surface area (Å²) in [5.74, 6) is -15.0. The predicted molar refractivity (Wildman–Crippen MR) is 105 cm³/mol. The number of hydrogen-bond acceptors (Lipinski definition) is 2. The van der Waals surface area contributed by atoms with Crippen molar-refractivity contribution in [3.63, 3.8) is 0 Å². The largest absolute Gasteiger partial charge is 0.396 e. The fraction of sp³-hybridized carbons (Fsp3) is 0.125. The molecule has 0 unspecified atom stereocenters. The molecule has 0 aliphatic rings. The number of nitrogens with one attached hydrogen (secondary N) is 2. The Morgan fingerprint density at radius 3 is 1.19 bits per heavy atom. The van der Waals surface area contributed by atoms with Crippen molar-refractivity contribution in [2.45, 2.75) is 11.8 Å². The maximum Gasteiger partial charge on any atom is 0.396 e. The van der Waals surface area contributed by atoms with Crippen molar-refractivity contribution in [1.82, 2.24) is 0 Å². The first-order valence-electron chi connectivity index (χ1n) is 6.93. The average Bonchev–Trinajstić information content (AvgIpc) is 2.58. The lowest BCUT2D eigenvalue weighted by Crippen LogP contribution is -2.56. The van der Waals surface area contributed by atoms with Gasteiger partial charge in [-0.05, 0) is 93.7 Å². The molecule has 0 aliphatic carbocycles. The zero-order chi connectivity index (χ0) is 19.5. The molecule has 0 fully saturated rings. The van der Waals surface area contributed by atoms with Gasteiger partial charge in [0.2, 0.25) is 0 Å². The van der Waals surface area contributed by atoms with E-state index in [4.69, 9.17) is 0 Å². The van der Waals surface area contributed by atoms with Gasteiger partial charge in [-0.25, -0.2) is 0 Å². The molecular weight excluding hydrogens is 582 g/mol. The van der Waals surface area contributed by atoms with Crippen LogP contribution in [-0.2, 0) is 9.59 Å². The Morgan fingerprint density at radius 1 is 0.654 bits per heavy atom. The molecule has 10 heteroatoms. The summed E-state index contributed by atoms with van der Waals surface area (Å²) < 4.78 is 57.3. The Morgan fingerprint density at radius 2 is 0.923 bits per heavy atom. The molecule has 0 aromatic heterocycles. The van der Waals surface area contributed by atoms with Crippen LogP contribution in [0.1, 0.15) is 0 Å². The first kappa shape index (κ1) is 20.9. The SMILES string of the molecule is O=C(Nc1ccc(I)cc1)C(F)(F)C(F)(F)C(=O)Nc1ccc(I)cc1. The molecule has 2 rings (SSSR count). The Balaban J connectivity index is 2.15. The summed E-state index contributed by atoms with van der Waals surface area (Å²) in [7, 11) is 0. The van der Waals surface area contributed by atoms with Gasteiger partial charge in [0.1, 0.15) is 0 Å². The number of carbonyl (C=O) groups excluding carboxylic acids is 2. The van der Waals surface area contributed by atoms with Crippen LogP contribution in [0.4, 0.5) is 28.9 Å². The molecule has 2 N–H and O–H groups in total. The molecule has 0 spiro atoms. The highest BCUT2D eigenvalue weighted by atomic mass is 127. The van der Waals surface area contributed by atoms with Gasteiger partial charge in [-0.3, -0.25) is 9.59 Å². The minimum atomic E-state index is -5.25. The standard InChI is InChI=1S/C16H10F4I2N2O2/c17-15(18,13(25)23-11-5-1-9(21)2-6-11)16(19,20)14(26)24-12-7-3-10(22)4-8-12/h1-8H,(H,23,25)(H,24,26). The molecule has 0 radical (unpaired) electrons. The van der Waals surface area contributed by atoms with Crippen molar-refractivity contribution in [1.29, 1.82) is 0 Å². The Labute approximate surface area is 173 Å². The van der Waals surface area contributed by atoms with Gasteiger partial charge >= 0.3 is 23.7 Å². The minimum Gasteiger partial charge on any atom is -0.321 e. The summed E-state index contributed by atoms with van der Waals surface area (Å²) in [5.41, 5.74) is -0.187. The molecule has 138 valence electrons. The van der Waals surface area contributed by atoms with E-state index in [1.54, 1.807) is 10.6 Å². The molecule has 2 amide bonds. The molecule has 4 nitrogen and oxygen atoms in total. The van der Waals surface area contributed by atoms with Gasteiger partial charge in [-0.2, -0.15) is 17.6 Å². The van der Waals surface area contributed by atoms with Gasteiger partial charge < -0.3 is 10.6 Å². The van der Waals surface area contributed by atoms with E-state index in [-0.39, 0.29) is 11.4 Å². The van der Waals surface area contributed by atoms with E-state index in [1.165, 1.54) is 48.5 Å². The minimum absolute atomic E-state index is 0.0936. The monoisotopic (exact) mass is 592 g/mol. The maximum absolute atomic E-state index is 14.0. The predicted octanol–water partition coefficient (Wildman–Crippen LogP) is 4.74. The van der Waals surface area contributed by atoms with Crippen LogP contribution in [0, 0.1) is 7.14 Å². The number of alkyl halides is 4. The van der Waals surface area contributed by atoms with Crippen molar-refractivity contribution in [3.8, 4) is 0 Å². The van der Waals surface area contributed by atoms with Gasteiger partial charge in [-0.1, -0.05) is 0 Å². The van der Waals surface area contributed by atoms with Crippen molar-refractivity contribution in [2.24, 2.45) is 0 Å². The summed E-state index contributed by atoms with van der Waals surface area (Å²) in [5, 5.41) is 3.38. The molecule has 0 aliphatic heterocycles. The highest BCUT2D eigenvalue weighted by Crippen LogP contribution is 2.36. The van der Waals surface area contributed by atoms with E-state index in [0.717, 1.165) is 7.14 Å². The first-order valence-corrected chi connectivity index (χ1v) is 9.09. The average molecular weight is 592 g/mol. The zero-order valence-electron chi connectivity index (χ0n) is 12.7. The maximum atomic E-state index is 14.0. The van der Waals surface area contributed by atoms with Gasteiger partial charge in [0.05, 0.1) is 0 Å². The van der Waals surface area contributed by atoms with E-state index in [9.17, 15) is 27.2 Å². The van der Waals surface area contributed by atoms with Gasteiger partial charge in [0.25, 0.3) is 0 Å². The summed E-state index contributed by atoms with van der Waals surface area (Å²) in [6, 6.07) is 11.1. The topological polar surface area (TPSA) is 58.2 Å². The number of carbonyl (C=O) groups is 2. The van der Waals surface area contributed by atoms with Gasteiger partial charge in [0, 0.05) is 18.5 Å². The fourth-order valence-electron chi connectivity index (χ4n) is 1.77. The molecular formula is C16H10F4I2N2O2. The number of rotatable bonds is 5. The van der Waals surface area contributed by atoms with Gasteiger partial charge in [0.15, 0.2) is 0 Å². The normalized spacial score (nSPS) is 11.8. The molecule has 26 heavy (non-hydrogen) atoms. The Hall–Kier alpha value is -1.44. The third-order valence-corrected chi connectivity index (χ3v) is 4.61. The summed E-state index contributed by atoms with van der Waals surface area (Å²) in [4.78, 5) is 23.3. The van der Waals surface area contributed by atoms with E-state index in [2.05, 4.69) is 0 Å². The molecule has 2 aromatic carbocycles. The number of amides is 2. The lowest BCUT2D eigenvalue weighted by atomic mass is 10.1. The molecule has 2 aromatic rings. The molecule has 0 saturated heterocycles. The van der Waals surface area contributed by atoms with E-state index in [0.29, 0.717) is 0 Å². The zero-order valence-corrected chi connectivity index (χ0v) is 17.0. The number of hydrogen-bond donors (Lipinski definition) is 2. The van der Waals surface area contributed by atoms with E-state index in [1.807, 2.05) is 45.2 Å². The van der Waals surface area contributed by atoms with Crippen molar-refractivity contribution < 1.29 is 27.2 Å². The molecule has 0 saturated carbocycles. The Bertz CT molecular complexity index is 743. The van der Waals surface area contributed by atoms with Crippen LogP contribution in [0.15, 0.2) is 48.5 Å². The molecule has 0 bridgehead atoms. The lowest BCUT2D eigenvalue weighted by Gasteiger charge is -2.24. The second-order valence-electron chi connectivity index (χ2n) is 5.07. The molecule has 0 atom stereocenters. The summed E-state index contributed by atoms with van der Waals surface area (Å²) in [6.07, 6.45) is 0. The molecule has 0 heterocycles. The Kier molecular flexibility index (Phi) is 6.47. The van der Waals surface area contributed by atoms with Crippen LogP contribution in [0.5, 0.6) is 0 Å². The number of anilines is 2. The third kappa shape index (κ3) is 4.64.